The van der Waals surface area contributed by atoms with Gasteiger partial charge in [0.1, 0.15) is 0 Å². The van der Waals surface area contributed by atoms with Crippen molar-refractivity contribution in [2.24, 2.45) is 11.8 Å². The van der Waals surface area contributed by atoms with Crippen molar-refractivity contribution in [2.45, 2.75) is 13.5 Å². The molecule has 18 heavy (non-hydrogen) atoms. The molecule has 0 radical (unpaired) electrons. The van der Waals surface area contributed by atoms with Crippen molar-refractivity contribution in [3.8, 4) is 0 Å². The predicted molar refractivity (Wildman–Crippen MR) is 67.4 cm³/mol. The van der Waals surface area contributed by atoms with Crippen molar-refractivity contribution >= 4 is 5.97 Å². The van der Waals surface area contributed by atoms with Crippen molar-refractivity contribution in [3.63, 3.8) is 0 Å². The number of nitrogens with zero attached hydrogens (tertiary/aromatic N) is 2. The highest BCUT2D eigenvalue weighted by atomic mass is 16.4. The molecule has 5 heteroatoms. The van der Waals surface area contributed by atoms with Crippen LogP contribution in [0.4, 0.5) is 0 Å². The smallest absolute Gasteiger partial charge is 0.308 e. The number of hydrogen-bond donors (Lipinski definition) is 1. The van der Waals surface area contributed by atoms with Gasteiger partial charge in [0.25, 0.3) is 5.56 Å². The molecule has 0 aromatic carbocycles. The van der Waals surface area contributed by atoms with E-state index < -0.39 is 5.97 Å². The topological polar surface area (TPSA) is 62.5 Å². The summed E-state index contributed by atoms with van der Waals surface area (Å²) in [4.78, 5) is 24.6. The lowest BCUT2D eigenvalue weighted by atomic mass is 9.99. The summed E-state index contributed by atoms with van der Waals surface area (Å²) in [5.74, 6) is -0.825. The van der Waals surface area contributed by atoms with E-state index in [0.717, 1.165) is 13.1 Å². The molecule has 1 saturated heterocycles. The van der Waals surface area contributed by atoms with Gasteiger partial charge in [-0.2, -0.15) is 0 Å². The van der Waals surface area contributed by atoms with Gasteiger partial charge in [-0.15, -0.1) is 0 Å². The van der Waals surface area contributed by atoms with Crippen LogP contribution in [0.1, 0.15) is 6.92 Å². The molecule has 2 unspecified atom stereocenters. The Morgan fingerprint density at radius 1 is 1.39 bits per heavy atom. The van der Waals surface area contributed by atoms with Crippen molar-refractivity contribution in [1.82, 2.24) is 9.47 Å². The zero-order chi connectivity index (χ0) is 13.1. The predicted octanol–water partition coefficient (Wildman–Crippen LogP) is 0.501. The van der Waals surface area contributed by atoms with E-state index in [1.807, 2.05) is 13.0 Å². The minimum Gasteiger partial charge on any atom is -0.481 e. The monoisotopic (exact) mass is 250 g/mol. The molecule has 1 aliphatic rings. The first-order valence-electron chi connectivity index (χ1n) is 6.18. The second kappa shape index (κ2) is 5.35. The van der Waals surface area contributed by atoms with Gasteiger partial charge in [-0.25, -0.2) is 0 Å². The molecular formula is C13H18N2O3. The maximum Gasteiger partial charge on any atom is 0.308 e. The van der Waals surface area contributed by atoms with Crippen molar-refractivity contribution in [3.05, 3.63) is 34.7 Å². The zero-order valence-corrected chi connectivity index (χ0v) is 10.5. The zero-order valence-electron chi connectivity index (χ0n) is 10.5. The van der Waals surface area contributed by atoms with Crippen LogP contribution in [-0.4, -0.2) is 40.2 Å². The summed E-state index contributed by atoms with van der Waals surface area (Å²) in [6.07, 6.45) is 1.76. The third-order valence-corrected chi connectivity index (χ3v) is 3.56. The molecule has 2 heterocycles. The van der Waals surface area contributed by atoms with E-state index in [4.69, 9.17) is 5.11 Å². The van der Waals surface area contributed by atoms with Crippen molar-refractivity contribution < 1.29 is 9.90 Å². The van der Waals surface area contributed by atoms with E-state index in [-0.39, 0.29) is 17.4 Å². The van der Waals surface area contributed by atoms with E-state index in [9.17, 15) is 9.59 Å². The first-order chi connectivity index (χ1) is 8.58. The standard InChI is InChI=1S/C13H18N2O3/c1-10-8-14(9-11(10)13(17)18)6-7-15-5-3-2-4-12(15)16/h2-5,10-11H,6-9H2,1H3,(H,17,18). The van der Waals surface area contributed by atoms with Crippen LogP contribution in [0, 0.1) is 11.8 Å². The Labute approximate surface area is 106 Å². The lowest BCUT2D eigenvalue weighted by Gasteiger charge is -2.15. The second-order valence-corrected chi connectivity index (χ2v) is 4.91. The fourth-order valence-corrected chi connectivity index (χ4v) is 2.47. The van der Waals surface area contributed by atoms with E-state index in [2.05, 4.69) is 4.90 Å². The first-order valence-corrected chi connectivity index (χ1v) is 6.18. The SMILES string of the molecule is CC1CN(CCn2ccccc2=O)CC1C(=O)O. The molecule has 1 N–H and O–H groups in total. The number of carboxylic acid groups (broad SMARTS) is 1. The molecule has 1 aliphatic heterocycles. The normalized spacial score (nSPS) is 24.3. The Hall–Kier alpha value is -1.62. The quantitative estimate of drug-likeness (QED) is 0.845. The summed E-state index contributed by atoms with van der Waals surface area (Å²) in [5, 5.41) is 9.05. The largest absolute Gasteiger partial charge is 0.481 e. The molecule has 0 spiro atoms. The third kappa shape index (κ3) is 2.79. The fraction of sp³-hybridized carbons (Fsp3) is 0.538. The number of likely N-dealkylation sites (tertiary alicyclic amines) is 1. The number of carbonyl (C=O) groups is 1. The van der Waals surface area contributed by atoms with Gasteiger partial charge in [-0.3, -0.25) is 9.59 Å². The molecule has 0 aliphatic carbocycles. The van der Waals surface area contributed by atoms with E-state index in [1.54, 1.807) is 16.8 Å². The lowest BCUT2D eigenvalue weighted by molar-refractivity contribution is -0.142. The average molecular weight is 250 g/mol. The number of pyridine rings is 1. The van der Waals surface area contributed by atoms with Gasteiger partial charge >= 0.3 is 5.97 Å². The number of rotatable bonds is 4. The van der Waals surface area contributed by atoms with Gasteiger partial charge in [0.2, 0.25) is 0 Å². The molecule has 5 nitrogen and oxygen atoms in total. The molecule has 1 aromatic heterocycles. The Balaban J connectivity index is 1.91. The molecule has 0 saturated carbocycles. The van der Waals surface area contributed by atoms with Crippen molar-refractivity contribution in [1.29, 1.82) is 0 Å². The number of aliphatic carboxylic acids is 1. The molecular weight excluding hydrogens is 232 g/mol. The molecule has 98 valence electrons. The summed E-state index contributed by atoms with van der Waals surface area (Å²) < 4.78 is 1.65. The lowest BCUT2D eigenvalue weighted by Crippen LogP contribution is -2.29. The fourth-order valence-electron chi connectivity index (χ4n) is 2.47. The van der Waals surface area contributed by atoms with Crippen LogP contribution in [0.2, 0.25) is 0 Å². The minimum absolute atomic E-state index is 0.0143. The molecule has 0 amide bonds. The van der Waals surface area contributed by atoms with E-state index in [0.29, 0.717) is 13.1 Å². The average Bonchev–Trinajstić information content (AvgIpc) is 2.70. The highest BCUT2D eigenvalue weighted by molar-refractivity contribution is 5.71. The van der Waals surface area contributed by atoms with Gasteiger partial charge in [0.05, 0.1) is 5.92 Å². The summed E-state index contributed by atoms with van der Waals surface area (Å²) in [6, 6.07) is 5.08. The van der Waals surface area contributed by atoms with Gasteiger partial charge in [0, 0.05) is 38.4 Å². The van der Waals surface area contributed by atoms with Crippen molar-refractivity contribution in [2.75, 3.05) is 19.6 Å². The van der Waals surface area contributed by atoms with Gasteiger partial charge in [-0.1, -0.05) is 13.0 Å². The molecule has 0 bridgehead atoms. The minimum atomic E-state index is -0.720. The first kappa shape index (κ1) is 12.8. The number of carboxylic acids is 1. The van der Waals surface area contributed by atoms with Crippen LogP contribution in [-0.2, 0) is 11.3 Å². The van der Waals surface area contributed by atoms with Crippen LogP contribution < -0.4 is 5.56 Å². The van der Waals surface area contributed by atoms with Crippen LogP contribution >= 0.6 is 0 Å². The maximum absolute atomic E-state index is 11.5. The van der Waals surface area contributed by atoms with Crippen LogP contribution in [0.5, 0.6) is 0 Å². The summed E-state index contributed by atoms with van der Waals surface area (Å²) in [7, 11) is 0. The van der Waals surface area contributed by atoms with E-state index in [1.165, 1.54) is 6.07 Å². The van der Waals surface area contributed by atoms with E-state index >= 15 is 0 Å². The highest BCUT2D eigenvalue weighted by Gasteiger charge is 2.34. The molecule has 1 aromatic rings. The second-order valence-electron chi connectivity index (χ2n) is 4.91. The van der Waals surface area contributed by atoms with Crippen LogP contribution in [0.15, 0.2) is 29.2 Å². The Bertz CT molecular complexity index is 483. The summed E-state index contributed by atoms with van der Waals surface area (Å²) in [6.45, 7) is 4.67. The Morgan fingerprint density at radius 3 is 2.78 bits per heavy atom. The van der Waals surface area contributed by atoms with Crippen LogP contribution in [0.25, 0.3) is 0 Å². The van der Waals surface area contributed by atoms with Crippen LogP contribution in [0.3, 0.4) is 0 Å². The maximum atomic E-state index is 11.5. The third-order valence-electron chi connectivity index (χ3n) is 3.56. The molecule has 1 fully saturated rings. The number of hydrogen-bond acceptors (Lipinski definition) is 3. The Kier molecular flexibility index (Phi) is 3.81. The highest BCUT2D eigenvalue weighted by Crippen LogP contribution is 2.22. The van der Waals surface area contributed by atoms with Gasteiger partial charge < -0.3 is 14.6 Å². The Morgan fingerprint density at radius 2 is 2.17 bits per heavy atom. The van der Waals surface area contributed by atoms with Gasteiger partial charge in [-0.05, 0) is 12.0 Å². The number of aromatic nitrogens is 1. The molecule has 2 atom stereocenters. The van der Waals surface area contributed by atoms with Gasteiger partial charge in [0.15, 0.2) is 0 Å². The summed E-state index contributed by atoms with van der Waals surface area (Å²) in [5.41, 5.74) is -0.0143. The molecule has 2 rings (SSSR count). The summed E-state index contributed by atoms with van der Waals surface area (Å²) >= 11 is 0.